The number of nitrogens with one attached hydrogen (secondary N) is 2. The number of anilines is 2. The van der Waals surface area contributed by atoms with Gasteiger partial charge in [-0.05, 0) is 37.3 Å². The van der Waals surface area contributed by atoms with Crippen LogP contribution in [0.1, 0.15) is 6.92 Å². The second-order valence-electron chi connectivity index (χ2n) is 4.50. The van der Waals surface area contributed by atoms with Gasteiger partial charge in [-0.25, -0.2) is 0 Å². The molecule has 2 N–H and O–H groups in total. The van der Waals surface area contributed by atoms with Gasteiger partial charge in [0.05, 0.1) is 12.3 Å². The van der Waals surface area contributed by atoms with E-state index in [9.17, 15) is 9.59 Å². The molecule has 120 valence electrons. The third-order valence-corrected chi connectivity index (χ3v) is 3.20. The SMILES string of the molecule is CCOc1ccccc1NC(=O)C(=O)Nc1cc(Cl)cc(Cl)c1. The van der Waals surface area contributed by atoms with Crippen LogP contribution in [0, 0.1) is 0 Å². The van der Waals surface area contributed by atoms with Gasteiger partial charge < -0.3 is 15.4 Å². The molecule has 0 unspecified atom stereocenters. The Kier molecular flexibility index (Phi) is 5.84. The first-order valence-electron chi connectivity index (χ1n) is 6.80. The van der Waals surface area contributed by atoms with Crippen LogP contribution in [0.5, 0.6) is 5.75 Å². The molecule has 0 bridgehead atoms. The lowest BCUT2D eigenvalue weighted by Gasteiger charge is -2.11. The summed E-state index contributed by atoms with van der Waals surface area (Å²) in [6, 6.07) is 11.4. The van der Waals surface area contributed by atoms with Crippen LogP contribution >= 0.6 is 23.2 Å². The normalized spacial score (nSPS) is 10.0. The first-order valence-corrected chi connectivity index (χ1v) is 7.55. The number of hydrogen-bond acceptors (Lipinski definition) is 3. The number of carbonyl (C=O) groups is 2. The van der Waals surface area contributed by atoms with Crippen LogP contribution in [0.4, 0.5) is 11.4 Å². The Balaban J connectivity index is 2.07. The maximum atomic E-state index is 12.0. The number of halogens is 2. The molecule has 0 saturated carbocycles. The van der Waals surface area contributed by atoms with Gasteiger partial charge >= 0.3 is 11.8 Å². The molecule has 2 amide bonds. The van der Waals surface area contributed by atoms with E-state index in [1.54, 1.807) is 24.3 Å². The Hall–Kier alpha value is -2.24. The second-order valence-corrected chi connectivity index (χ2v) is 5.37. The minimum atomic E-state index is -0.838. The Morgan fingerprint density at radius 2 is 1.61 bits per heavy atom. The summed E-state index contributed by atoms with van der Waals surface area (Å²) in [6.45, 7) is 2.27. The highest BCUT2D eigenvalue weighted by atomic mass is 35.5. The van der Waals surface area contributed by atoms with E-state index in [1.165, 1.54) is 18.2 Å². The van der Waals surface area contributed by atoms with E-state index in [2.05, 4.69) is 10.6 Å². The van der Waals surface area contributed by atoms with Crippen molar-refractivity contribution in [2.24, 2.45) is 0 Å². The third kappa shape index (κ3) is 4.87. The molecular formula is C16H14Cl2N2O3. The first kappa shape index (κ1) is 17.1. The number of para-hydroxylation sites is 2. The average molecular weight is 353 g/mol. The Labute approximate surface area is 143 Å². The van der Waals surface area contributed by atoms with Crippen LogP contribution in [-0.2, 0) is 9.59 Å². The summed E-state index contributed by atoms with van der Waals surface area (Å²) in [5.41, 5.74) is 0.749. The molecule has 0 radical (unpaired) electrons. The molecule has 2 aromatic rings. The molecule has 0 atom stereocenters. The number of benzene rings is 2. The standard InChI is InChI=1S/C16H14Cl2N2O3/c1-2-23-14-6-4-3-5-13(14)20-16(22)15(21)19-12-8-10(17)7-11(18)9-12/h3-9H,2H2,1H3,(H,19,21)(H,20,22). The van der Waals surface area contributed by atoms with E-state index in [-0.39, 0.29) is 0 Å². The zero-order valence-corrected chi connectivity index (χ0v) is 13.7. The Morgan fingerprint density at radius 1 is 1.00 bits per heavy atom. The Bertz CT molecular complexity index is 715. The maximum absolute atomic E-state index is 12.0. The van der Waals surface area contributed by atoms with Gasteiger partial charge in [-0.15, -0.1) is 0 Å². The fraction of sp³-hybridized carbons (Fsp3) is 0.125. The molecule has 0 aliphatic heterocycles. The summed E-state index contributed by atoms with van der Waals surface area (Å²) in [7, 11) is 0. The van der Waals surface area contributed by atoms with Crippen molar-refractivity contribution in [3.63, 3.8) is 0 Å². The van der Waals surface area contributed by atoms with Crippen molar-refractivity contribution < 1.29 is 14.3 Å². The largest absolute Gasteiger partial charge is 0.492 e. The van der Waals surface area contributed by atoms with Gasteiger partial charge in [0, 0.05) is 15.7 Å². The van der Waals surface area contributed by atoms with E-state index in [4.69, 9.17) is 27.9 Å². The quantitative estimate of drug-likeness (QED) is 0.818. The monoisotopic (exact) mass is 352 g/mol. The summed E-state index contributed by atoms with van der Waals surface area (Å²) in [5, 5.41) is 5.65. The maximum Gasteiger partial charge on any atom is 0.314 e. The highest BCUT2D eigenvalue weighted by molar-refractivity contribution is 6.44. The third-order valence-electron chi connectivity index (χ3n) is 2.76. The van der Waals surface area contributed by atoms with Crippen LogP contribution in [0.2, 0.25) is 10.0 Å². The molecule has 5 nitrogen and oxygen atoms in total. The van der Waals surface area contributed by atoms with Gasteiger partial charge in [0.2, 0.25) is 0 Å². The van der Waals surface area contributed by atoms with E-state index in [0.717, 1.165) is 0 Å². The molecule has 0 aliphatic rings. The van der Waals surface area contributed by atoms with Gasteiger partial charge in [-0.3, -0.25) is 9.59 Å². The molecule has 0 aromatic heterocycles. The van der Waals surface area contributed by atoms with Gasteiger partial charge in [-0.1, -0.05) is 35.3 Å². The summed E-state index contributed by atoms with van der Waals surface area (Å²) < 4.78 is 5.39. The Morgan fingerprint density at radius 3 is 2.26 bits per heavy atom. The number of rotatable bonds is 4. The highest BCUT2D eigenvalue weighted by Crippen LogP contribution is 2.24. The number of hydrogen-bond donors (Lipinski definition) is 2. The summed E-state index contributed by atoms with van der Waals surface area (Å²) >= 11 is 11.7. The van der Waals surface area contributed by atoms with E-state index in [0.29, 0.717) is 33.8 Å². The summed E-state index contributed by atoms with van der Waals surface area (Å²) in [5.74, 6) is -1.18. The minimum absolute atomic E-state index is 0.334. The number of ether oxygens (including phenoxy) is 1. The van der Waals surface area contributed by atoms with Gasteiger partial charge in [0.25, 0.3) is 0 Å². The predicted octanol–water partition coefficient (Wildman–Crippen LogP) is 3.97. The molecule has 0 spiro atoms. The fourth-order valence-corrected chi connectivity index (χ4v) is 2.37. The smallest absolute Gasteiger partial charge is 0.314 e. The van der Waals surface area contributed by atoms with Crippen molar-refractivity contribution in [1.29, 1.82) is 0 Å². The molecule has 7 heteroatoms. The molecule has 0 saturated heterocycles. The molecule has 2 rings (SSSR count). The van der Waals surface area contributed by atoms with Gasteiger partial charge in [0.1, 0.15) is 5.75 Å². The van der Waals surface area contributed by atoms with Crippen LogP contribution < -0.4 is 15.4 Å². The van der Waals surface area contributed by atoms with E-state index < -0.39 is 11.8 Å². The van der Waals surface area contributed by atoms with E-state index >= 15 is 0 Å². The molecule has 0 aliphatic carbocycles. The molecule has 0 fully saturated rings. The molecule has 2 aromatic carbocycles. The van der Waals surface area contributed by atoms with Gasteiger partial charge in [0.15, 0.2) is 0 Å². The lowest BCUT2D eigenvalue weighted by molar-refractivity contribution is -0.133. The number of amides is 2. The molecule has 0 heterocycles. The number of carbonyl (C=O) groups excluding carboxylic acids is 2. The van der Waals surface area contributed by atoms with Crippen molar-refractivity contribution in [1.82, 2.24) is 0 Å². The molecule has 23 heavy (non-hydrogen) atoms. The zero-order chi connectivity index (χ0) is 16.8. The van der Waals surface area contributed by atoms with Crippen LogP contribution in [0.25, 0.3) is 0 Å². The summed E-state index contributed by atoms with van der Waals surface area (Å²) in [6.07, 6.45) is 0. The lowest BCUT2D eigenvalue weighted by atomic mass is 10.3. The fourth-order valence-electron chi connectivity index (χ4n) is 1.84. The average Bonchev–Trinajstić information content (AvgIpc) is 2.48. The van der Waals surface area contributed by atoms with Gasteiger partial charge in [-0.2, -0.15) is 0 Å². The van der Waals surface area contributed by atoms with Crippen molar-refractivity contribution >= 4 is 46.4 Å². The summed E-state index contributed by atoms with van der Waals surface area (Å²) in [4.78, 5) is 24.0. The first-order chi connectivity index (χ1) is 11.0. The topological polar surface area (TPSA) is 67.4 Å². The van der Waals surface area contributed by atoms with Crippen molar-refractivity contribution in [3.8, 4) is 5.75 Å². The minimum Gasteiger partial charge on any atom is -0.492 e. The highest BCUT2D eigenvalue weighted by Gasteiger charge is 2.16. The van der Waals surface area contributed by atoms with Crippen molar-refractivity contribution in [2.75, 3.05) is 17.2 Å². The zero-order valence-electron chi connectivity index (χ0n) is 12.2. The van der Waals surface area contributed by atoms with Crippen molar-refractivity contribution in [3.05, 3.63) is 52.5 Å². The van der Waals surface area contributed by atoms with Crippen LogP contribution in [-0.4, -0.2) is 18.4 Å². The lowest BCUT2D eigenvalue weighted by Crippen LogP contribution is -2.29. The van der Waals surface area contributed by atoms with Crippen molar-refractivity contribution in [2.45, 2.75) is 6.92 Å². The second kappa shape index (κ2) is 7.85. The molecular weight excluding hydrogens is 339 g/mol. The van der Waals surface area contributed by atoms with Crippen LogP contribution in [0.15, 0.2) is 42.5 Å². The van der Waals surface area contributed by atoms with Crippen LogP contribution in [0.3, 0.4) is 0 Å². The van der Waals surface area contributed by atoms with E-state index in [1.807, 2.05) is 6.92 Å². The predicted molar refractivity (Wildman–Crippen MR) is 91.3 cm³/mol.